The molecule has 4 nitrogen and oxygen atoms in total. The number of sulfonamides is 1. The third-order valence-electron chi connectivity index (χ3n) is 3.28. The van der Waals surface area contributed by atoms with Crippen molar-refractivity contribution in [3.63, 3.8) is 0 Å². The zero-order valence-corrected chi connectivity index (χ0v) is 13.2. The molecule has 0 amide bonds. The predicted octanol–water partition coefficient (Wildman–Crippen LogP) is 2.21. The largest absolute Gasteiger partial charge is 0.302 e. The molecule has 0 unspecified atom stereocenters. The van der Waals surface area contributed by atoms with Crippen molar-refractivity contribution in [2.75, 3.05) is 26.2 Å². The fourth-order valence-corrected chi connectivity index (χ4v) is 3.86. The third-order valence-corrected chi connectivity index (χ3v) is 5.23. The molecule has 1 saturated heterocycles. The first kappa shape index (κ1) is 15.0. The Morgan fingerprint density at radius 1 is 1.21 bits per heavy atom. The van der Waals surface area contributed by atoms with Gasteiger partial charge in [0, 0.05) is 17.6 Å². The van der Waals surface area contributed by atoms with E-state index < -0.39 is 10.0 Å². The summed E-state index contributed by atoms with van der Waals surface area (Å²) >= 11 is 3.28. The topological polar surface area (TPSA) is 49.4 Å². The van der Waals surface area contributed by atoms with Crippen LogP contribution in [0.3, 0.4) is 0 Å². The van der Waals surface area contributed by atoms with E-state index in [-0.39, 0.29) is 0 Å². The van der Waals surface area contributed by atoms with E-state index >= 15 is 0 Å². The van der Waals surface area contributed by atoms with Gasteiger partial charge in [-0.3, -0.25) is 0 Å². The molecule has 0 bridgehead atoms. The van der Waals surface area contributed by atoms with Gasteiger partial charge in [-0.2, -0.15) is 0 Å². The Labute approximate surface area is 123 Å². The minimum atomic E-state index is -3.39. The molecule has 1 aliphatic heterocycles. The van der Waals surface area contributed by atoms with Crippen molar-refractivity contribution in [3.05, 3.63) is 28.7 Å². The highest BCUT2D eigenvalue weighted by atomic mass is 79.9. The second kappa shape index (κ2) is 6.83. The molecule has 0 saturated carbocycles. The van der Waals surface area contributed by atoms with Gasteiger partial charge in [-0.15, -0.1) is 0 Å². The van der Waals surface area contributed by atoms with Crippen LogP contribution < -0.4 is 4.72 Å². The van der Waals surface area contributed by atoms with E-state index in [1.54, 1.807) is 18.2 Å². The summed E-state index contributed by atoms with van der Waals surface area (Å²) in [7, 11) is -3.39. The first-order valence-corrected chi connectivity index (χ1v) is 8.83. The zero-order chi connectivity index (χ0) is 13.7. The molecular weight excluding hydrogens is 328 g/mol. The van der Waals surface area contributed by atoms with Gasteiger partial charge in [0.05, 0.1) is 4.90 Å². The number of likely N-dealkylation sites (tertiary alicyclic amines) is 1. The van der Waals surface area contributed by atoms with Crippen LogP contribution in [0.4, 0.5) is 0 Å². The highest BCUT2D eigenvalue weighted by molar-refractivity contribution is 9.10. The number of nitrogens with one attached hydrogen (secondary N) is 1. The second-order valence-electron chi connectivity index (χ2n) is 4.76. The highest BCUT2D eigenvalue weighted by Gasteiger charge is 2.15. The van der Waals surface area contributed by atoms with E-state index in [0.29, 0.717) is 11.4 Å². The summed E-state index contributed by atoms with van der Waals surface area (Å²) in [5.74, 6) is 0. The Morgan fingerprint density at radius 3 is 2.63 bits per heavy atom. The fourth-order valence-electron chi connectivity index (χ4n) is 2.24. The molecule has 2 rings (SSSR count). The first-order valence-electron chi connectivity index (χ1n) is 6.55. The summed E-state index contributed by atoms with van der Waals surface area (Å²) < 4.78 is 27.6. The molecule has 1 fully saturated rings. The van der Waals surface area contributed by atoms with Gasteiger partial charge in [-0.25, -0.2) is 13.1 Å². The number of hydrogen-bond donors (Lipinski definition) is 1. The molecule has 1 N–H and O–H groups in total. The van der Waals surface area contributed by atoms with Crippen LogP contribution >= 0.6 is 15.9 Å². The SMILES string of the molecule is O=S(=O)(NCCN1CCCCC1)c1cccc(Br)c1. The Bertz CT molecular complexity index is 513. The lowest BCUT2D eigenvalue weighted by Crippen LogP contribution is -2.37. The van der Waals surface area contributed by atoms with Crippen LogP contribution in [0.1, 0.15) is 19.3 Å². The van der Waals surface area contributed by atoms with Crippen LogP contribution in [0, 0.1) is 0 Å². The minimum absolute atomic E-state index is 0.306. The van der Waals surface area contributed by atoms with Crippen LogP contribution in [0.25, 0.3) is 0 Å². The number of benzene rings is 1. The average Bonchev–Trinajstić information content (AvgIpc) is 2.40. The minimum Gasteiger partial charge on any atom is -0.302 e. The summed E-state index contributed by atoms with van der Waals surface area (Å²) in [5.41, 5.74) is 0. The quantitative estimate of drug-likeness (QED) is 0.889. The molecule has 0 spiro atoms. The average molecular weight is 347 g/mol. The lowest BCUT2D eigenvalue weighted by Gasteiger charge is -2.26. The number of rotatable bonds is 5. The van der Waals surface area contributed by atoms with Crippen molar-refractivity contribution in [3.8, 4) is 0 Å². The smallest absolute Gasteiger partial charge is 0.240 e. The summed E-state index contributed by atoms with van der Waals surface area (Å²) in [6.45, 7) is 3.42. The predicted molar refractivity (Wildman–Crippen MR) is 79.6 cm³/mol. The Kier molecular flexibility index (Phi) is 5.38. The van der Waals surface area contributed by atoms with Crippen LogP contribution in [0.5, 0.6) is 0 Å². The monoisotopic (exact) mass is 346 g/mol. The number of hydrogen-bond acceptors (Lipinski definition) is 3. The van der Waals surface area contributed by atoms with Crippen molar-refractivity contribution in [1.82, 2.24) is 9.62 Å². The zero-order valence-electron chi connectivity index (χ0n) is 10.8. The molecule has 1 heterocycles. The summed E-state index contributed by atoms with van der Waals surface area (Å²) in [5, 5.41) is 0. The normalized spacial score (nSPS) is 17.5. The molecule has 0 aromatic heterocycles. The first-order chi connectivity index (χ1) is 9.08. The van der Waals surface area contributed by atoms with E-state index in [2.05, 4.69) is 25.6 Å². The van der Waals surface area contributed by atoms with Gasteiger partial charge in [-0.1, -0.05) is 28.4 Å². The second-order valence-corrected chi connectivity index (χ2v) is 7.44. The molecule has 1 aromatic carbocycles. The van der Waals surface area contributed by atoms with Gasteiger partial charge >= 0.3 is 0 Å². The lowest BCUT2D eigenvalue weighted by molar-refractivity contribution is 0.233. The van der Waals surface area contributed by atoms with Gasteiger partial charge < -0.3 is 4.90 Å². The van der Waals surface area contributed by atoms with Crippen molar-refractivity contribution < 1.29 is 8.42 Å². The number of nitrogens with zero attached hydrogens (tertiary/aromatic N) is 1. The van der Waals surface area contributed by atoms with Crippen LogP contribution in [0.15, 0.2) is 33.6 Å². The molecule has 1 aromatic rings. The third kappa shape index (κ3) is 4.56. The van der Waals surface area contributed by atoms with Crippen LogP contribution in [-0.4, -0.2) is 39.5 Å². The van der Waals surface area contributed by atoms with Crippen LogP contribution in [-0.2, 0) is 10.0 Å². The molecule has 0 radical (unpaired) electrons. The van der Waals surface area contributed by atoms with E-state index in [9.17, 15) is 8.42 Å². The molecule has 1 aliphatic rings. The van der Waals surface area contributed by atoms with Gasteiger partial charge in [-0.05, 0) is 44.1 Å². The Morgan fingerprint density at radius 2 is 1.95 bits per heavy atom. The van der Waals surface area contributed by atoms with Crippen molar-refractivity contribution in [2.45, 2.75) is 24.2 Å². The standard InChI is InChI=1S/C13H19BrN2O2S/c14-12-5-4-6-13(11-12)19(17,18)15-7-10-16-8-2-1-3-9-16/h4-6,11,15H,1-3,7-10H2. The number of piperidine rings is 1. The maximum Gasteiger partial charge on any atom is 0.240 e. The maximum atomic E-state index is 12.1. The molecular formula is C13H19BrN2O2S. The van der Waals surface area contributed by atoms with E-state index in [1.165, 1.54) is 19.3 Å². The summed E-state index contributed by atoms with van der Waals surface area (Å²) in [6.07, 6.45) is 3.73. The van der Waals surface area contributed by atoms with Gasteiger partial charge in [0.1, 0.15) is 0 Å². The highest BCUT2D eigenvalue weighted by Crippen LogP contribution is 2.15. The molecule has 19 heavy (non-hydrogen) atoms. The molecule has 106 valence electrons. The van der Waals surface area contributed by atoms with E-state index in [1.807, 2.05) is 6.07 Å². The van der Waals surface area contributed by atoms with E-state index in [4.69, 9.17) is 0 Å². The van der Waals surface area contributed by atoms with Crippen molar-refractivity contribution in [1.29, 1.82) is 0 Å². The number of halogens is 1. The van der Waals surface area contributed by atoms with Crippen LogP contribution in [0.2, 0.25) is 0 Å². The maximum absolute atomic E-state index is 12.1. The van der Waals surface area contributed by atoms with E-state index in [0.717, 1.165) is 24.1 Å². The lowest BCUT2D eigenvalue weighted by atomic mass is 10.1. The summed E-state index contributed by atoms with van der Waals surface area (Å²) in [6, 6.07) is 6.76. The van der Waals surface area contributed by atoms with Crippen molar-refractivity contribution in [2.24, 2.45) is 0 Å². The van der Waals surface area contributed by atoms with Gasteiger partial charge in [0.2, 0.25) is 10.0 Å². The summed E-state index contributed by atoms with van der Waals surface area (Å²) in [4.78, 5) is 2.62. The van der Waals surface area contributed by atoms with Gasteiger partial charge in [0.15, 0.2) is 0 Å². The Hall–Kier alpha value is -0.430. The molecule has 0 aliphatic carbocycles. The molecule has 0 atom stereocenters. The van der Waals surface area contributed by atoms with Gasteiger partial charge in [0.25, 0.3) is 0 Å². The molecule has 6 heteroatoms. The van der Waals surface area contributed by atoms with Crippen molar-refractivity contribution >= 4 is 26.0 Å². The Balaban J connectivity index is 1.87. The fraction of sp³-hybridized carbons (Fsp3) is 0.538.